The number of hydrogen-bond donors (Lipinski definition) is 1. The van der Waals surface area contributed by atoms with Gasteiger partial charge in [-0.1, -0.05) is 25.1 Å². The van der Waals surface area contributed by atoms with Gasteiger partial charge in [-0.3, -0.25) is 9.59 Å². The van der Waals surface area contributed by atoms with Crippen LogP contribution in [0.2, 0.25) is 0 Å². The lowest BCUT2D eigenvalue weighted by molar-refractivity contribution is -0.141. The first-order valence-electron chi connectivity index (χ1n) is 9.91. The summed E-state index contributed by atoms with van der Waals surface area (Å²) in [6.07, 6.45) is 0.753. The van der Waals surface area contributed by atoms with E-state index < -0.39 is 11.4 Å². The van der Waals surface area contributed by atoms with Crippen LogP contribution in [-0.2, 0) is 29.3 Å². The van der Waals surface area contributed by atoms with E-state index in [1.54, 1.807) is 24.0 Å². The smallest absolute Gasteiger partial charge is 0.341 e. The fourth-order valence-electron chi connectivity index (χ4n) is 4.78. The van der Waals surface area contributed by atoms with Gasteiger partial charge < -0.3 is 20.1 Å². The van der Waals surface area contributed by atoms with Gasteiger partial charge in [-0.2, -0.15) is 0 Å². The van der Waals surface area contributed by atoms with Crippen molar-refractivity contribution in [3.8, 4) is 0 Å². The zero-order chi connectivity index (χ0) is 20.9. The van der Waals surface area contributed by atoms with Gasteiger partial charge in [0, 0.05) is 30.6 Å². The van der Waals surface area contributed by atoms with Crippen molar-refractivity contribution in [2.75, 3.05) is 18.1 Å². The molecule has 1 aromatic carbocycles. The molecule has 1 spiro atoms. The topological polar surface area (TPSA) is 98.9 Å². The second-order valence-corrected chi connectivity index (χ2v) is 7.61. The molecule has 0 fully saturated rings. The minimum atomic E-state index is -1.63. The average Bonchev–Trinajstić information content (AvgIpc) is 2.90. The van der Waals surface area contributed by atoms with Crippen molar-refractivity contribution in [3.05, 3.63) is 52.6 Å². The number of para-hydroxylation sites is 1. The molecule has 0 saturated carbocycles. The summed E-state index contributed by atoms with van der Waals surface area (Å²) in [5.41, 5.74) is 5.93. The molecule has 152 valence electrons. The van der Waals surface area contributed by atoms with Crippen molar-refractivity contribution >= 4 is 23.3 Å². The Balaban J connectivity index is 2.09. The minimum Gasteiger partial charge on any atom is -0.462 e. The van der Waals surface area contributed by atoms with Gasteiger partial charge >= 0.3 is 5.97 Å². The molecule has 2 atom stereocenters. The third kappa shape index (κ3) is 2.46. The molecule has 1 aliphatic carbocycles. The van der Waals surface area contributed by atoms with Crippen LogP contribution in [0, 0.1) is 5.92 Å². The predicted molar refractivity (Wildman–Crippen MR) is 106 cm³/mol. The van der Waals surface area contributed by atoms with Gasteiger partial charge in [0.05, 0.1) is 12.2 Å². The van der Waals surface area contributed by atoms with Crippen molar-refractivity contribution < 1.29 is 23.9 Å². The Labute approximate surface area is 169 Å². The van der Waals surface area contributed by atoms with Crippen LogP contribution in [0.5, 0.6) is 0 Å². The number of ether oxygens (including phenoxy) is 2. The van der Waals surface area contributed by atoms with Crippen molar-refractivity contribution in [1.82, 2.24) is 0 Å². The molecule has 7 heteroatoms. The number of allylic oxidation sites excluding steroid dienone is 1. The molecule has 2 heterocycles. The summed E-state index contributed by atoms with van der Waals surface area (Å²) in [6.45, 7) is 5.97. The molecule has 1 aromatic rings. The monoisotopic (exact) mass is 396 g/mol. The Morgan fingerprint density at radius 1 is 1.28 bits per heavy atom. The van der Waals surface area contributed by atoms with E-state index >= 15 is 0 Å². The van der Waals surface area contributed by atoms with Gasteiger partial charge in [-0.15, -0.1) is 0 Å². The Morgan fingerprint density at radius 2 is 2.00 bits per heavy atom. The Morgan fingerprint density at radius 3 is 2.69 bits per heavy atom. The van der Waals surface area contributed by atoms with Crippen LogP contribution in [0.1, 0.15) is 39.2 Å². The fraction of sp³-hybridized carbons (Fsp3) is 0.409. The van der Waals surface area contributed by atoms with E-state index in [0.717, 1.165) is 0 Å². The van der Waals surface area contributed by atoms with Gasteiger partial charge in [0.1, 0.15) is 16.7 Å². The van der Waals surface area contributed by atoms with Crippen molar-refractivity contribution in [2.24, 2.45) is 11.7 Å². The van der Waals surface area contributed by atoms with Gasteiger partial charge in [-0.05, 0) is 25.8 Å². The Bertz CT molecular complexity index is 993. The number of nitrogens with zero attached hydrogens (tertiary/aromatic N) is 1. The number of carbonyl (C=O) groups is 3. The standard InChI is InChI=1S/C22H24N2O5/c1-4-24-14-9-7-6-8-13(14)22(21(24)27)17-15(25)10-12(3)11-16(17)29-19(23)18(22)20(26)28-5-2/h6-9,12H,4-5,10-11,23H2,1-3H3/t12-,22+/m0/s1. The average molecular weight is 396 g/mol. The molecule has 2 aliphatic heterocycles. The molecule has 0 saturated heterocycles. The lowest BCUT2D eigenvalue weighted by Crippen LogP contribution is -2.51. The molecule has 0 bridgehead atoms. The maximum absolute atomic E-state index is 13.9. The number of hydrogen-bond acceptors (Lipinski definition) is 6. The molecule has 0 radical (unpaired) electrons. The number of ketones is 1. The number of anilines is 1. The minimum absolute atomic E-state index is 0.0595. The summed E-state index contributed by atoms with van der Waals surface area (Å²) in [7, 11) is 0. The Kier molecular flexibility index (Phi) is 4.48. The number of likely N-dealkylation sites (N-methyl/N-ethyl adjacent to an activating group) is 1. The summed E-state index contributed by atoms with van der Waals surface area (Å²) in [4.78, 5) is 41.8. The third-order valence-electron chi connectivity index (χ3n) is 5.82. The maximum atomic E-state index is 13.9. The van der Waals surface area contributed by atoms with E-state index in [-0.39, 0.29) is 47.7 Å². The van der Waals surface area contributed by atoms with Crippen LogP contribution in [0.4, 0.5) is 5.69 Å². The normalized spacial score (nSPS) is 25.9. The number of benzene rings is 1. The van der Waals surface area contributed by atoms with Crippen molar-refractivity contribution in [2.45, 2.75) is 39.0 Å². The number of esters is 1. The molecule has 0 aromatic heterocycles. The molecule has 29 heavy (non-hydrogen) atoms. The molecule has 2 N–H and O–H groups in total. The predicted octanol–water partition coefficient (Wildman–Crippen LogP) is 2.31. The highest BCUT2D eigenvalue weighted by molar-refractivity contribution is 6.23. The molecular formula is C22H24N2O5. The summed E-state index contributed by atoms with van der Waals surface area (Å²) < 4.78 is 11.0. The van der Waals surface area contributed by atoms with Crippen LogP contribution >= 0.6 is 0 Å². The van der Waals surface area contributed by atoms with Crippen LogP contribution < -0.4 is 10.6 Å². The number of fused-ring (bicyclic) bond motifs is 3. The zero-order valence-corrected chi connectivity index (χ0v) is 16.8. The molecule has 1 amide bonds. The number of rotatable bonds is 3. The van der Waals surface area contributed by atoms with E-state index in [9.17, 15) is 14.4 Å². The lowest BCUT2D eigenvalue weighted by atomic mass is 9.64. The third-order valence-corrected chi connectivity index (χ3v) is 5.82. The first-order chi connectivity index (χ1) is 13.9. The summed E-state index contributed by atoms with van der Waals surface area (Å²) in [6, 6.07) is 7.20. The van der Waals surface area contributed by atoms with E-state index in [0.29, 0.717) is 30.0 Å². The van der Waals surface area contributed by atoms with Crippen LogP contribution in [0.15, 0.2) is 47.1 Å². The van der Waals surface area contributed by atoms with Crippen molar-refractivity contribution in [3.63, 3.8) is 0 Å². The Hall–Kier alpha value is -3.09. The van der Waals surface area contributed by atoms with E-state index in [1.165, 1.54) is 0 Å². The SMILES string of the molecule is CCOC(=O)C1=C(N)OC2=C(C(=O)C[C@H](C)C2)[C@@]12C(=O)N(CC)c1ccccc12. The number of nitrogens with two attached hydrogens (primary N) is 1. The highest BCUT2D eigenvalue weighted by Crippen LogP contribution is 2.56. The largest absolute Gasteiger partial charge is 0.462 e. The quantitative estimate of drug-likeness (QED) is 0.787. The van der Waals surface area contributed by atoms with Gasteiger partial charge in [0.2, 0.25) is 11.8 Å². The maximum Gasteiger partial charge on any atom is 0.341 e. The zero-order valence-electron chi connectivity index (χ0n) is 16.8. The fourth-order valence-corrected chi connectivity index (χ4v) is 4.78. The first-order valence-corrected chi connectivity index (χ1v) is 9.91. The van der Waals surface area contributed by atoms with Crippen LogP contribution in [-0.4, -0.2) is 30.8 Å². The van der Waals surface area contributed by atoms with Gasteiger partial charge in [0.15, 0.2) is 5.78 Å². The second-order valence-electron chi connectivity index (χ2n) is 7.61. The highest BCUT2D eigenvalue weighted by Gasteiger charge is 2.63. The lowest BCUT2D eigenvalue weighted by Gasteiger charge is -2.39. The summed E-state index contributed by atoms with van der Waals surface area (Å²) in [5, 5.41) is 0. The van der Waals surface area contributed by atoms with Crippen LogP contribution in [0.25, 0.3) is 0 Å². The molecular weight excluding hydrogens is 372 g/mol. The number of carbonyl (C=O) groups excluding carboxylic acids is 3. The number of amides is 1. The van der Waals surface area contributed by atoms with E-state index in [2.05, 4.69) is 0 Å². The van der Waals surface area contributed by atoms with Gasteiger partial charge in [-0.25, -0.2) is 4.79 Å². The van der Waals surface area contributed by atoms with Gasteiger partial charge in [0.25, 0.3) is 0 Å². The first kappa shape index (κ1) is 19.2. The molecule has 4 rings (SSSR count). The van der Waals surface area contributed by atoms with E-state index in [1.807, 2.05) is 26.0 Å². The summed E-state index contributed by atoms with van der Waals surface area (Å²) in [5.74, 6) is -1.06. The molecule has 3 aliphatic rings. The van der Waals surface area contributed by atoms with Crippen LogP contribution in [0.3, 0.4) is 0 Å². The van der Waals surface area contributed by atoms with E-state index in [4.69, 9.17) is 15.2 Å². The number of Topliss-reactive ketones (excluding diaryl/α,β-unsaturated/α-hetero) is 1. The highest BCUT2D eigenvalue weighted by atomic mass is 16.5. The second kappa shape index (κ2) is 6.76. The molecule has 7 nitrogen and oxygen atoms in total. The summed E-state index contributed by atoms with van der Waals surface area (Å²) >= 11 is 0. The molecule has 0 unspecified atom stereocenters. The van der Waals surface area contributed by atoms with Crippen molar-refractivity contribution in [1.29, 1.82) is 0 Å².